The highest BCUT2D eigenvalue weighted by molar-refractivity contribution is 7.19. The van der Waals surface area contributed by atoms with Crippen molar-refractivity contribution < 1.29 is 4.79 Å². The molecule has 0 spiro atoms. The van der Waals surface area contributed by atoms with E-state index in [-0.39, 0.29) is 5.91 Å². The van der Waals surface area contributed by atoms with Crippen molar-refractivity contribution in [3.8, 4) is 53.5 Å². The maximum absolute atomic E-state index is 12.0. The fraction of sp³-hybridized carbons (Fsp3) is 0.151. The zero-order valence-corrected chi connectivity index (χ0v) is 70.8. The number of carbonyl (C=O) groups is 1. The van der Waals surface area contributed by atoms with Crippen LogP contribution >= 0.6 is 56.7 Å². The number of benzene rings is 6. The first-order chi connectivity index (χ1) is 58.3. The molecule has 0 saturated heterocycles. The highest BCUT2D eigenvalue weighted by Crippen LogP contribution is 2.32. The maximum Gasteiger partial charge on any atom is 0.263 e. The molecule has 0 aliphatic heterocycles. The van der Waals surface area contributed by atoms with Crippen LogP contribution in [0.5, 0.6) is 0 Å². The number of rotatable bonds is 24. The molecule has 0 fully saturated rings. The number of carbonyl (C=O) groups excluding carboxylic acids is 1. The molecule has 0 unspecified atom stereocenters. The fourth-order valence-corrected chi connectivity index (χ4v) is 15.6. The predicted octanol–water partition coefficient (Wildman–Crippen LogP) is 18.3. The third-order valence-corrected chi connectivity index (χ3v) is 21.6. The number of fused-ring (bicyclic) bond motifs is 1. The zero-order valence-electron chi connectivity index (χ0n) is 66.7. The van der Waals surface area contributed by atoms with Gasteiger partial charge in [0.15, 0.2) is 0 Å². The first-order valence-electron chi connectivity index (χ1n) is 37.8. The van der Waals surface area contributed by atoms with Gasteiger partial charge in [0.25, 0.3) is 5.91 Å². The second-order valence-corrected chi connectivity index (χ2v) is 32.7. The van der Waals surface area contributed by atoms with Gasteiger partial charge < -0.3 is 59.4 Å². The fourth-order valence-electron chi connectivity index (χ4n) is 11.7. The number of nitrogens with one attached hydrogen (secondary N) is 9. The maximum atomic E-state index is 12.0. The van der Waals surface area contributed by atoms with Crippen molar-refractivity contribution in [2.45, 2.75) is 61.9 Å². The Kier molecular flexibility index (Phi) is 28.9. The number of aromatic amines is 1. The molecule has 34 heteroatoms. The Labute approximate surface area is 713 Å². The number of nitrogens with two attached hydrogens (primary N) is 3. The summed E-state index contributed by atoms with van der Waals surface area (Å²) in [5.41, 5.74) is 35.1. The molecule has 0 aliphatic carbocycles. The highest BCUT2D eigenvalue weighted by atomic mass is 32.1. The van der Waals surface area contributed by atoms with Crippen molar-refractivity contribution in [1.29, 1.82) is 0 Å². The first-order valence-corrected chi connectivity index (χ1v) is 41.9. The number of thiazole rings is 5. The molecule has 17 rings (SSSR count). The number of nitrogen functional groups attached to an aromatic ring is 1. The average Bonchev–Trinajstić information content (AvgIpc) is 1.69. The summed E-state index contributed by atoms with van der Waals surface area (Å²) in [6.45, 7) is 19.3. The van der Waals surface area contributed by atoms with Gasteiger partial charge in [-0.2, -0.15) is 0 Å². The monoisotopic (exact) mass is 1690 g/mol. The summed E-state index contributed by atoms with van der Waals surface area (Å²) in [4.78, 5) is 89.6. The number of aromatic nitrogens is 17. The van der Waals surface area contributed by atoms with E-state index in [9.17, 15) is 4.79 Å². The number of hydrogen-bond donors (Lipinski definition) is 12. The summed E-state index contributed by atoms with van der Waals surface area (Å²) >= 11 is 7.68. The van der Waals surface area contributed by atoms with Gasteiger partial charge in [-0.15, -0.1) is 45.3 Å². The van der Waals surface area contributed by atoms with Crippen molar-refractivity contribution in [3.05, 3.63) is 279 Å². The van der Waals surface area contributed by atoms with Gasteiger partial charge in [-0.25, -0.2) is 79.7 Å². The van der Waals surface area contributed by atoms with Crippen LogP contribution < -0.4 is 59.7 Å². The van der Waals surface area contributed by atoms with E-state index in [0.717, 1.165) is 132 Å². The van der Waals surface area contributed by atoms with E-state index in [2.05, 4.69) is 210 Å². The van der Waals surface area contributed by atoms with Gasteiger partial charge in [0, 0.05) is 125 Å². The number of nitrogens with zero attached hydrogens (tertiary/aromatic N) is 16. The van der Waals surface area contributed by atoms with Crippen LogP contribution in [-0.4, -0.2) is 117 Å². The van der Waals surface area contributed by atoms with Crippen molar-refractivity contribution in [2.75, 3.05) is 69.1 Å². The molecule has 0 atom stereocenters. The summed E-state index contributed by atoms with van der Waals surface area (Å²) in [7, 11) is 0. The van der Waals surface area contributed by atoms with Gasteiger partial charge in [0.1, 0.15) is 63.4 Å². The van der Waals surface area contributed by atoms with Gasteiger partial charge in [-0.05, 0) is 204 Å². The predicted molar refractivity (Wildman–Crippen MR) is 489 cm³/mol. The van der Waals surface area contributed by atoms with Crippen LogP contribution in [0.4, 0.5) is 74.8 Å². The molecule has 120 heavy (non-hydrogen) atoms. The first kappa shape index (κ1) is 84.1. The highest BCUT2D eigenvalue weighted by Gasteiger charge is 2.17. The second-order valence-electron chi connectivity index (χ2n) is 27.0. The molecular formula is C86H86N28OS5. The minimum absolute atomic E-state index is 0.179. The number of imidazole rings is 1. The van der Waals surface area contributed by atoms with E-state index in [1.807, 2.05) is 149 Å². The van der Waals surface area contributed by atoms with Crippen molar-refractivity contribution in [2.24, 2.45) is 11.5 Å². The minimum Gasteiger partial charge on any atom is -0.399 e. The Morgan fingerprint density at radius 3 is 1.23 bits per heavy atom. The lowest BCUT2D eigenvalue weighted by Gasteiger charge is -2.07. The third-order valence-electron chi connectivity index (χ3n) is 16.7. The van der Waals surface area contributed by atoms with E-state index in [1.54, 1.807) is 94.8 Å². The Morgan fingerprint density at radius 1 is 0.367 bits per heavy atom. The molecule has 1 amide bonds. The summed E-state index contributed by atoms with van der Waals surface area (Å²) < 4.78 is 0. The standard InChI is InChI=1S/C22H21N5S.C18H20N6OS.C17H20N6S.C15H12N6S.C14H13N5S/c1-15-10-16(2)12-18(11-15)26-22-23-9-8-20(27-22)21-25-14-19(28-21)13-24-17-6-4-3-5-7-17;1-11-7-12(2)9-13(8-11)23-18-21-5-3-14(24-18)17-22-10-15(26-17)16(25)20-6-4-19;1-11-7-12(2)9-13(8-11)22-17-20-5-3-14(23-17)16-21-10-15(24-16)19-6-4-18;1-9-8-17-13(22-9)12-6-7-16-14(20-12)21-15-18-10-4-2-3-5-11(10)19-15;1-9-8-17-13(20-9)12-6-7-16-14(19-12)18-11-4-2-10(15)3-5-11/h3-12,14,24H,13H2,1-2H3,(H,23,26,27);3,5,7-10H,4,6,19H2,1-2H3,(H,20,25)(H,21,23,24);3,5,7-10,19H,4,6,18H2,1-2H3,(H,20,22,23);2-8H,1H3,(H2,16,18,19,20,21);2-8H,15H2,1H3,(H,16,18,19). The lowest BCUT2D eigenvalue weighted by molar-refractivity contribution is 0.0958. The number of hydrogen-bond acceptors (Lipinski definition) is 32. The molecule has 29 nitrogen and oxygen atoms in total. The summed E-state index contributed by atoms with van der Waals surface area (Å²) in [5, 5.41) is 30.5. The average molecular weight is 1690 g/mol. The van der Waals surface area contributed by atoms with Crippen LogP contribution in [0.25, 0.3) is 64.5 Å². The molecule has 0 radical (unpaired) electrons. The number of aryl methyl sites for hydroxylation is 8. The topological polar surface area (TPSA) is 413 Å². The number of anilines is 13. The zero-order chi connectivity index (χ0) is 83.7. The molecule has 11 aromatic heterocycles. The van der Waals surface area contributed by atoms with Gasteiger partial charge in [-0.1, -0.05) is 59.9 Å². The summed E-state index contributed by atoms with van der Waals surface area (Å²) in [6.07, 6.45) is 17.5. The van der Waals surface area contributed by atoms with Gasteiger partial charge in [0.05, 0.1) is 30.0 Å². The van der Waals surface area contributed by atoms with Gasteiger partial charge in [0.2, 0.25) is 35.7 Å². The van der Waals surface area contributed by atoms with Crippen LogP contribution in [0.2, 0.25) is 0 Å². The number of amides is 1. The van der Waals surface area contributed by atoms with Crippen LogP contribution in [-0.2, 0) is 6.54 Å². The molecule has 0 aliphatic rings. The Bertz CT molecular complexity index is 6130. The van der Waals surface area contributed by atoms with Crippen molar-refractivity contribution in [1.82, 2.24) is 90.0 Å². The largest absolute Gasteiger partial charge is 0.399 e. The SMILES string of the molecule is Cc1cc(C)cc(Nc2nccc(-c3ncc(C(=O)NCCN)s3)n2)c1.Cc1cc(C)cc(Nc2nccc(-c3ncc(CNc4ccccc4)s3)n2)c1.Cc1cc(C)cc(Nc2nccc(-c3ncc(NCCN)s3)n2)c1.Cc1cnc(-c2ccnc(Nc3ccc(N)cc3)n2)s1.Cc1cnc(-c2ccnc(Nc3nc4ccccc4[nH]3)n2)s1. The quantitative estimate of drug-likeness (QED) is 0.0250. The summed E-state index contributed by atoms with van der Waals surface area (Å²) in [6, 6.07) is 53.4. The van der Waals surface area contributed by atoms with E-state index >= 15 is 0 Å². The molecule has 17 aromatic rings. The second kappa shape index (κ2) is 41.3. The van der Waals surface area contributed by atoms with E-state index in [0.29, 0.717) is 70.9 Å². The van der Waals surface area contributed by atoms with Crippen LogP contribution in [0.1, 0.15) is 57.7 Å². The van der Waals surface area contributed by atoms with Gasteiger partial charge >= 0.3 is 0 Å². The Balaban J connectivity index is 0.000000130. The minimum atomic E-state index is -0.179. The van der Waals surface area contributed by atoms with E-state index in [1.165, 1.54) is 33.6 Å². The molecule has 15 N–H and O–H groups in total. The van der Waals surface area contributed by atoms with Crippen molar-refractivity contribution in [3.63, 3.8) is 0 Å². The number of H-pyrrole nitrogens is 1. The Hall–Kier alpha value is -13.9. The van der Waals surface area contributed by atoms with Gasteiger partial charge in [-0.3, -0.25) is 10.1 Å². The summed E-state index contributed by atoms with van der Waals surface area (Å²) in [5.74, 6) is 3.09. The molecule has 0 bridgehead atoms. The molecular weight excluding hydrogens is 1600 g/mol. The molecule has 6 aromatic carbocycles. The lowest BCUT2D eigenvalue weighted by Crippen LogP contribution is -2.28. The van der Waals surface area contributed by atoms with E-state index < -0.39 is 0 Å². The smallest absolute Gasteiger partial charge is 0.263 e. The third kappa shape index (κ3) is 24.8. The van der Waals surface area contributed by atoms with Crippen LogP contribution in [0, 0.1) is 55.4 Å². The Morgan fingerprint density at radius 2 is 0.775 bits per heavy atom. The lowest BCUT2D eigenvalue weighted by atomic mass is 10.1. The normalized spacial score (nSPS) is 10.7. The number of para-hydroxylation sites is 3. The van der Waals surface area contributed by atoms with Crippen molar-refractivity contribution >= 4 is 148 Å². The molecule has 606 valence electrons. The molecule has 0 saturated carbocycles. The molecule has 11 heterocycles. The van der Waals surface area contributed by atoms with Crippen LogP contribution in [0.15, 0.2) is 226 Å². The van der Waals surface area contributed by atoms with E-state index in [4.69, 9.17) is 17.2 Å². The van der Waals surface area contributed by atoms with Crippen LogP contribution in [0.3, 0.4) is 0 Å².